The largest absolute Gasteiger partial charge is 0.369 e. The van der Waals surface area contributed by atoms with Gasteiger partial charge < -0.3 is 10.1 Å². The first-order chi connectivity index (χ1) is 10.0. The summed E-state index contributed by atoms with van der Waals surface area (Å²) in [6.45, 7) is 6.33. The van der Waals surface area contributed by atoms with Gasteiger partial charge >= 0.3 is 0 Å². The minimum absolute atomic E-state index is 0.0449. The Hall–Kier alpha value is -1.39. The van der Waals surface area contributed by atoms with Gasteiger partial charge in [-0.15, -0.1) is 0 Å². The minimum atomic E-state index is -0.761. The molecule has 0 aromatic heterocycles. The number of ether oxygens (including phenoxy) is 1. The number of carbonyl (C=O) groups excluding carboxylic acids is 1. The lowest BCUT2D eigenvalue weighted by atomic mass is 10.1. The summed E-state index contributed by atoms with van der Waals surface area (Å²) in [5, 5.41) is 3.03. The van der Waals surface area contributed by atoms with Gasteiger partial charge in [-0.25, -0.2) is 0 Å². The predicted octanol–water partition coefficient (Wildman–Crippen LogP) is 2.19. The van der Waals surface area contributed by atoms with Crippen molar-refractivity contribution in [1.29, 1.82) is 0 Å². The van der Waals surface area contributed by atoms with E-state index in [1.54, 1.807) is 21.0 Å². The van der Waals surface area contributed by atoms with Crippen LogP contribution >= 0.6 is 0 Å². The zero-order valence-corrected chi connectivity index (χ0v) is 13.3. The van der Waals surface area contributed by atoms with Crippen LogP contribution in [-0.4, -0.2) is 42.6 Å². The zero-order valence-electron chi connectivity index (χ0n) is 13.3. The quantitative estimate of drug-likeness (QED) is 0.873. The summed E-state index contributed by atoms with van der Waals surface area (Å²) in [6.07, 6.45) is 2.33. The van der Waals surface area contributed by atoms with Crippen molar-refractivity contribution in [2.75, 3.05) is 20.2 Å². The van der Waals surface area contributed by atoms with Crippen molar-refractivity contribution in [3.05, 3.63) is 35.9 Å². The first-order valence-electron chi connectivity index (χ1n) is 7.64. The highest BCUT2D eigenvalue weighted by molar-refractivity contribution is 5.84. The van der Waals surface area contributed by atoms with Crippen LogP contribution in [0.4, 0.5) is 0 Å². The predicted molar refractivity (Wildman–Crippen MR) is 84.0 cm³/mol. The fourth-order valence-electron chi connectivity index (χ4n) is 2.67. The van der Waals surface area contributed by atoms with Gasteiger partial charge in [-0.1, -0.05) is 30.3 Å². The number of carbonyl (C=O) groups is 1. The molecule has 1 saturated heterocycles. The molecule has 0 bridgehead atoms. The molecule has 1 fully saturated rings. The van der Waals surface area contributed by atoms with Crippen LogP contribution in [0.15, 0.2) is 30.3 Å². The van der Waals surface area contributed by atoms with Crippen molar-refractivity contribution >= 4 is 5.91 Å². The van der Waals surface area contributed by atoms with Crippen LogP contribution in [0.25, 0.3) is 0 Å². The molecule has 1 atom stereocenters. The lowest BCUT2D eigenvalue weighted by Crippen LogP contribution is -2.48. The number of benzene rings is 1. The van der Waals surface area contributed by atoms with E-state index in [1.807, 2.05) is 6.07 Å². The highest BCUT2D eigenvalue weighted by Crippen LogP contribution is 2.19. The third-order valence-electron chi connectivity index (χ3n) is 4.28. The number of nitrogens with one attached hydrogen (secondary N) is 1. The molecule has 1 N–H and O–H groups in total. The third kappa shape index (κ3) is 4.29. The second kappa shape index (κ2) is 7.05. The second-order valence-corrected chi connectivity index (χ2v) is 6.18. The highest BCUT2D eigenvalue weighted by Gasteiger charge is 2.29. The summed E-state index contributed by atoms with van der Waals surface area (Å²) in [6, 6.07) is 10.9. The Kier molecular flexibility index (Phi) is 5.37. The molecule has 0 aliphatic carbocycles. The minimum Gasteiger partial charge on any atom is -0.369 e. The van der Waals surface area contributed by atoms with Crippen LogP contribution in [0.1, 0.15) is 32.3 Å². The fourth-order valence-corrected chi connectivity index (χ4v) is 2.67. The SMILES string of the molecule is COC(C)(C)C(=O)NCC1CCCN1Cc1ccccc1. The van der Waals surface area contributed by atoms with Crippen LogP contribution in [0.2, 0.25) is 0 Å². The molecule has 2 rings (SSSR count). The summed E-state index contributed by atoms with van der Waals surface area (Å²) in [5.74, 6) is -0.0449. The van der Waals surface area contributed by atoms with Gasteiger partial charge in [-0.3, -0.25) is 9.69 Å². The summed E-state index contributed by atoms with van der Waals surface area (Å²) in [7, 11) is 1.57. The molecule has 0 saturated carbocycles. The first kappa shape index (κ1) is 16.0. The Bertz CT molecular complexity index is 459. The van der Waals surface area contributed by atoms with Gasteiger partial charge in [-0.2, -0.15) is 0 Å². The van der Waals surface area contributed by atoms with Gasteiger partial charge in [0.05, 0.1) is 0 Å². The van der Waals surface area contributed by atoms with E-state index in [0.717, 1.165) is 19.5 Å². The molecule has 0 radical (unpaired) electrons. The number of likely N-dealkylation sites (tertiary alicyclic amines) is 1. The Morgan fingerprint density at radius 2 is 2.10 bits per heavy atom. The summed E-state index contributed by atoms with van der Waals surface area (Å²) < 4.78 is 5.21. The fraction of sp³-hybridized carbons (Fsp3) is 0.588. The third-order valence-corrected chi connectivity index (χ3v) is 4.28. The van der Waals surface area contributed by atoms with Crippen LogP contribution < -0.4 is 5.32 Å². The summed E-state index contributed by atoms with van der Waals surface area (Å²) in [4.78, 5) is 14.5. The number of rotatable bonds is 6. The average Bonchev–Trinajstić information content (AvgIpc) is 2.93. The van der Waals surface area contributed by atoms with Crippen molar-refractivity contribution in [1.82, 2.24) is 10.2 Å². The van der Waals surface area contributed by atoms with Gasteiger partial charge in [0.1, 0.15) is 5.60 Å². The number of methoxy groups -OCH3 is 1. The molecular weight excluding hydrogens is 264 g/mol. The molecule has 1 aromatic rings. The Labute approximate surface area is 127 Å². The van der Waals surface area contributed by atoms with E-state index < -0.39 is 5.60 Å². The van der Waals surface area contributed by atoms with E-state index in [2.05, 4.69) is 34.5 Å². The van der Waals surface area contributed by atoms with Gasteiger partial charge in [-0.05, 0) is 38.8 Å². The molecule has 1 amide bonds. The number of hydrogen-bond acceptors (Lipinski definition) is 3. The van der Waals surface area contributed by atoms with Gasteiger partial charge in [0.15, 0.2) is 0 Å². The average molecular weight is 290 g/mol. The first-order valence-corrected chi connectivity index (χ1v) is 7.64. The smallest absolute Gasteiger partial charge is 0.251 e. The summed E-state index contributed by atoms with van der Waals surface area (Å²) in [5.41, 5.74) is 0.566. The molecule has 4 heteroatoms. The van der Waals surface area contributed by atoms with Gasteiger partial charge in [0.2, 0.25) is 0 Å². The molecule has 21 heavy (non-hydrogen) atoms. The van der Waals surface area contributed by atoms with Crippen molar-refractivity contribution in [3.63, 3.8) is 0 Å². The van der Waals surface area contributed by atoms with Crippen molar-refractivity contribution in [3.8, 4) is 0 Å². The van der Waals surface area contributed by atoms with E-state index in [4.69, 9.17) is 4.74 Å². The standard InChI is InChI=1S/C17H26N2O2/c1-17(2,21-3)16(20)18-12-15-10-7-11-19(15)13-14-8-5-4-6-9-14/h4-6,8-9,15H,7,10-13H2,1-3H3,(H,18,20). The monoisotopic (exact) mass is 290 g/mol. The normalized spacial score (nSPS) is 19.7. The van der Waals surface area contributed by atoms with Gasteiger partial charge in [0, 0.05) is 26.2 Å². The molecule has 1 aliphatic rings. The maximum Gasteiger partial charge on any atom is 0.251 e. The topological polar surface area (TPSA) is 41.6 Å². The molecule has 1 aromatic carbocycles. The van der Waals surface area contributed by atoms with E-state index in [0.29, 0.717) is 12.6 Å². The maximum atomic E-state index is 12.1. The van der Waals surface area contributed by atoms with Crippen molar-refractivity contribution in [2.24, 2.45) is 0 Å². The number of amides is 1. The molecule has 4 nitrogen and oxygen atoms in total. The van der Waals surface area contributed by atoms with E-state index in [-0.39, 0.29) is 5.91 Å². The molecule has 1 heterocycles. The maximum absolute atomic E-state index is 12.1. The molecule has 1 unspecified atom stereocenters. The molecular formula is C17H26N2O2. The van der Waals surface area contributed by atoms with E-state index in [9.17, 15) is 4.79 Å². The Balaban J connectivity index is 1.86. The van der Waals surface area contributed by atoms with Crippen LogP contribution in [-0.2, 0) is 16.1 Å². The number of hydrogen-bond donors (Lipinski definition) is 1. The summed E-state index contributed by atoms with van der Waals surface area (Å²) >= 11 is 0. The van der Waals surface area contributed by atoms with Crippen molar-refractivity contribution < 1.29 is 9.53 Å². The van der Waals surface area contributed by atoms with E-state index >= 15 is 0 Å². The van der Waals surface area contributed by atoms with Crippen LogP contribution in [0.5, 0.6) is 0 Å². The second-order valence-electron chi connectivity index (χ2n) is 6.18. The lowest BCUT2D eigenvalue weighted by molar-refractivity contribution is -0.139. The van der Waals surface area contributed by atoms with Gasteiger partial charge in [0.25, 0.3) is 5.91 Å². The van der Waals surface area contributed by atoms with Crippen molar-refractivity contribution in [2.45, 2.75) is 44.9 Å². The Morgan fingerprint density at radius 1 is 1.38 bits per heavy atom. The molecule has 116 valence electrons. The lowest BCUT2D eigenvalue weighted by Gasteiger charge is -2.27. The highest BCUT2D eigenvalue weighted by atomic mass is 16.5. The van der Waals surface area contributed by atoms with E-state index in [1.165, 1.54) is 12.0 Å². The number of nitrogens with zero attached hydrogens (tertiary/aromatic N) is 1. The Morgan fingerprint density at radius 3 is 2.76 bits per heavy atom. The molecule has 1 aliphatic heterocycles. The van der Waals surface area contributed by atoms with Crippen LogP contribution in [0.3, 0.4) is 0 Å². The van der Waals surface area contributed by atoms with Crippen LogP contribution in [0, 0.1) is 0 Å². The molecule has 0 spiro atoms. The zero-order chi connectivity index (χ0) is 15.3.